The van der Waals surface area contributed by atoms with Crippen molar-refractivity contribution in [2.24, 2.45) is 52.3 Å². The second kappa shape index (κ2) is 8.40. The fourth-order valence-electron chi connectivity index (χ4n) is 8.97. The maximum Gasteiger partial charge on any atom is 0.133 e. The zero-order valence-electron chi connectivity index (χ0n) is 20.8. The van der Waals surface area contributed by atoms with Gasteiger partial charge in [0.1, 0.15) is 5.78 Å². The summed E-state index contributed by atoms with van der Waals surface area (Å²) in [5.74, 6) is 6.24. The molecule has 0 amide bonds. The third-order valence-corrected chi connectivity index (χ3v) is 11.1. The van der Waals surface area contributed by atoms with Gasteiger partial charge in [0, 0.05) is 12.8 Å². The first kappa shape index (κ1) is 22.6. The molecule has 4 rings (SSSR count). The van der Waals surface area contributed by atoms with Crippen molar-refractivity contribution in [3.63, 3.8) is 0 Å². The van der Waals surface area contributed by atoms with E-state index < -0.39 is 0 Å². The van der Waals surface area contributed by atoms with Gasteiger partial charge in [0.05, 0.1) is 0 Å². The molecule has 4 aliphatic carbocycles. The number of Topliss-reactive ketones (excluding diaryl/α,β-unsaturated/α-hetero) is 1. The molecule has 170 valence electrons. The summed E-state index contributed by atoms with van der Waals surface area (Å²) < 4.78 is 0. The van der Waals surface area contributed by atoms with Crippen LogP contribution in [0.25, 0.3) is 0 Å². The van der Waals surface area contributed by atoms with Crippen LogP contribution in [0.5, 0.6) is 0 Å². The highest BCUT2D eigenvalue weighted by atomic mass is 16.1. The Balaban J connectivity index is 1.49. The van der Waals surface area contributed by atoms with Gasteiger partial charge in [-0.15, -0.1) is 0 Å². The molecule has 1 heteroatoms. The molecule has 0 unspecified atom stereocenters. The van der Waals surface area contributed by atoms with Crippen molar-refractivity contribution in [1.29, 1.82) is 0 Å². The number of carbonyl (C=O) groups excluding carboxylic acids is 1. The Morgan fingerprint density at radius 3 is 2.43 bits per heavy atom. The van der Waals surface area contributed by atoms with Crippen molar-refractivity contribution in [3.8, 4) is 0 Å². The lowest BCUT2D eigenvalue weighted by atomic mass is 9.47. The van der Waals surface area contributed by atoms with Crippen LogP contribution < -0.4 is 0 Å². The van der Waals surface area contributed by atoms with E-state index in [1.165, 1.54) is 51.4 Å². The maximum atomic E-state index is 12.1. The van der Waals surface area contributed by atoms with Gasteiger partial charge in [0.25, 0.3) is 0 Å². The summed E-state index contributed by atoms with van der Waals surface area (Å²) in [7, 11) is 0. The molecule has 4 aliphatic rings. The average Bonchev–Trinajstić information content (AvgIpc) is 3.06. The smallest absolute Gasteiger partial charge is 0.133 e. The lowest BCUT2D eigenvalue weighted by Gasteiger charge is -2.57. The van der Waals surface area contributed by atoms with Crippen LogP contribution >= 0.6 is 0 Å². The summed E-state index contributed by atoms with van der Waals surface area (Å²) in [4.78, 5) is 12.1. The predicted molar refractivity (Wildman–Crippen MR) is 127 cm³/mol. The molecule has 8 atom stereocenters. The summed E-state index contributed by atoms with van der Waals surface area (Å²) in [6.45, 7) is 15.0. The Morgan fingerprint density at radius 1 is 1.00 bits per heavy atom. The van der Waals surface area contributed by atoms with E-state index in [9.17, 15) is 4.79 Å². The fraction of sp³-hybridized carbons (Fsp3) is 0.897. The summed E-state index contributed by atoms with van der Waals surface area (Å²) in [6, 6.07) is 0. The van der Waals surface area contributed by atoms with Crippen molar-refractivity contribution >= 4 is 5.78 Å². The Kier molecular flexibility index (Phi) is 6.33. The fourth-order valence-corrected chi connectivity index (χ4v) is 8.97. The minimum atomic E-state index is 0.397. The normalized spacial score (nSPS) is 42.9. The molecule has 30 heavy (non-hydrogen) atoms. The molecular weight excluding hydrogens is 364 g/mol. The molecule has 0 bridgehead atoms. The number of carbonyl (C=O) groups is 1. The zero-order valence-corrected chi connectivity index (χ0v) is 20.8. The van der Waals surface area contributed by atoms with Gasteiger partial charge >= 0.3 is 0 Å². The van der Waals surface area contributed by atoms with Gasteiger partial charge in [-0.2, -0.15) is 0 Å². The molecule has 0 radical (unpaired) electrons. The van der Waals surface area contributed by atoms with Crippen LogP contribution in [0.4, 0.5) is 0 Å². The second-order valence-corrected chi connectivity index (χ2v) is 12.7. The van der Waals surface area contributed by atoms with Crippen molar-refractivity contribution in [2.45, 2.75) is 112 Å². The first-order valence-electron chi connectivity index (χ1n) is 13.4. The zero-order chi connectivity index (χ0) is 21.7. The molecule has 0 spiro atoms. The van der Waals surface area contributed by atoms with E-state index in [1.807, 2.05) is 5.57 Å². The summed E-state index contributed by atoms with van der Waals surface area (Å²) in [5, 5.41) is 0. The molecule has 0 saturated heterocycles. The molecule has 3 fully saturated rings. The highest BCUT2D eigenvalue weighted by molar-refractivity contribution is 5.79. The van der Waals surface area contributed by atoms with Crippen molar-refractivity contribution in [2.75, 3.05) is 0 Å². The van der Waals surface area contributed by atoms with Crippen LogP contribution in [-0.2, 0) is 4.79 Å². The van der Waals surface area contributed by atoms with Crippen LogP contribution in [0.15, 0.2) is 11.6 Å². The molecule has 0 aromatic rings. The van der Waals surface area contributed by atoms with Crippen LogP contribution in [-0.4, -0.2) is 5.78 Å². The standard InChI is InChI=1S/C29H48O/c1-7-21(19(2)3)9-8-20(4)25-12-13-26-24-11-10-22-18-23(30)14-16-28(22,5)27(24)15-17-29(25,26)6/h11,19-22,25-27H,7-10,12-18H2,1-6H3/t20-,21+,22-,25-,26+,27+,28+,29-/m1/s1. The first-order chi connectivity index (χ1) is 14.2. The minimum Gasteiger partial charge on any atom is -0.300 e. The molecule has 0 aromatic carbocycles. The van der Waals surface area contributed by atoms with E-state index in [0.717, 1.165) is 54.8 Å². The molecule has 0 aromatic heterocycles. The number of hydrogen-bond acceptors (Lipinski definition) is 1. The summed E-state index contributed by atoms with van der Waals surface area (Å²) in [6.07, 6.45) is 16.5. The van der Waals surface area contributed by atoms with E-state index >= 15 is 0 Å². The molecule has 3 saturated carbocycles. The number of allylic oxidation sites excluding steroid dienone is 2. The van der Waals surface area contributed by atoms with Gasteiger partial charge in [-0.25, -0.2) is 0 Å². The van der Waals surface area contributed by atoms with Crippen LogP contribution in [0, 0.1) is 52.3 Å². The Morgan fingerprint density at radius 2 is 1.73 bits per heavy atom. The predicted octanol–water partition coefficient (Wildman–Crippen LogP) is 8.23. The van der Waals surface area contributed by atoms with Gasteiger partial charge in [-0.1, -0.05) is 66.0 Å². The molecule has 0 aliphatic heterocycles. The summed E-state index contributed by atoms with van der Waals surface area (Å²) >= 11 is 0. The lowest BCUT2D eigenvalue weighted by molar-refractivity contribution is -0.127. The van der Waals surface area contributed by atoms with Crippen molar-refractivity contribution in [3.05, 3.63) is 11.6 Å². The highest BCUT2D eigenvalue weighted by Crippen LogP contribution is 2.66. The topological polar surface area (TPSA) is 17.1 Å². The Labute approximate surface area is 186 Å². The van der Waals surface area contributed by atoms with Gasteiger partial charge < -0.3 is 0 Å². The van der Waals surface area contributed by atoms with Gasteiger partial charge in [-0.05, 0) is 97.2 Å². The Bertz CT molecular complexity index is 674. The van der Waals surface area contributed by atoms with Gasteiger partial charge in [0.15, 0.2) is 0 Å². The van der Waals surface area contributed by atoms with E-state index in [1.54, 1.807) is 0 Å². The van der Waals surface area contributed by atoms with Crippen LogP contribution in [0.1, 0.15) is 112 Å². The lowest BCUT2D eigenvalue weighted by Crippen LogP contribution is -2.49. The number of rotatable bonds is 6. The van der Waals surface area contributed by atoms with E-state index in [4.69, 9.17) is 0 Å². The van der Waals surface area contributed by atoms with Crippen LogP contribution in [0.3, 0.4) is 0 Å². The van der Waals surface area contributed by atoms with Gasteiger partial charge in [0.2, 0.25) is 0 Å². The second-order valence-electron chi connectivity index (χ2n) is 12.7. The van der Waals surface area contributed by atoms with Crippen molar-refractivity contribution in [1.82, 2.24) is 0 Å². The van der Waals surface area contributed by atoms with E-state index in [0.29, 0.717) is 22.5 Å². The highest BCUT2D eigenvalue weighted by Gasteiger charge is 2.58. The van der Waals surface area contributed by atoms with Crippen LogP contribution in [0.2, 0.25) is 0 Å². The van der Waals surface area contributed by atoms with Gasteiger partial charge in [-0.3, -0.25) is 4.79 Å². The Hall–Kier alpha value is -0.590. The van der Waals surface area contributed by atoms with E-state index in [2.05, 4.69) is 47.6 Å². The summed E-state index contributed by atoms with van der Waals surface area (Å²) in [5.41, 5.74) is 2.77. The molecule has 1 nitrogen and oxygen atoms in total. The first-order valence-corrected chi connectivity index (χ1v) is 13.4. The maximum absolute atomic E-state index is 12.1. The third-order valence-electron chi connectivity index (χ3n) is 11.1. The number of ketones is 1. The quantitative estimate of drug-likeness (QED) is 0.401. The number of hydrogen-bond donors (Lipinski definition) is 0. The average molecular weight is 413 g/mol. The monoisotopic (exact) mass is 412 g/mol. The largest absolute Gasteiger partial charge is 0.300 e. The minimum absolute atomic E-state index is 0.397. The molecular formula is C29H48O. The molecule has 0 heterocycles. The molecule has 0 N–H and O–H groups in total. The van der Waals surface area contributed by atoms with E-state index in [-0.39, 0.29) is 0 Å². The third kappa shape index (κ3) is 3.65. The van der Waals surface area contributed by atoms with Crippen molar-refractivity contribution < 1.29 is 4.79 Å². The SMILES string of the molecule is CC[C@@H](CC[C@@H](C)[C@H]1CC[C@H]2C3=CC[C@@H]4CC(=O)CC[C@]4(C)[C@H]3CC[C@]12C)C(C)C. The number of fused-ring (bicyclic) bond motifs is 5.